The maximum atomic E-state index is 12.2. The van der Waals surface area contributed by atoms with Crippen LogP contribution >= 0.6 is 23.4 Å². The fraction of sp³-hybridized carbons (Fsp3) is 0.0769. The average Bonchev–Trinajstić information content (AvgIpc) is 2.47. The molecular weight excluding hydrogens is 296 g/mol. The van der Waals surface area contributed by atoms with Crippen LogP contribution in [0.1, 0.15) is 10.5 Å². The molecule has 2 rings (SSSR count). The van der Waals surface area contributed by atoms with Gasteiger partial charge >= 0.3 is 0 Å². The molecule has 0 atom stereocenters. The van der Waals surface area contributed by atoms with Crippen molar-refractivity contribution in [3.63, 3.8) is 0 Å². The number of hydrazine groups is 1. The smallest absolute Gasteiger partial charge is 0.275 e. The van der Waals surface area contributed by atoms with Gasteiger partial charge in [0.05, 0.1) is 5.02 Å². The number of nitrogen functional groups attached to an aromatic ring is 1. The lowest BCUT2D eigenvalue weighted by molar-refractivity contribution is 0.102. The molecule has 5 nitrogen and oxygen atoms in total. The minimum Gasteiger partial charge on any atom is -0.321 e. The molecule has 1 heterocycles. The van der Waals surface area contributed by atoms with Gasteiger partial charge in [0.1, 0.15) is 11.5 Å². The third kappa shape index (κ3) is 3.41. The molecule has 4 N–H and O–H groups in total. The molecule has 1 aromatic carbocycles. The lowest BCUT2D eigenvalue weighted by Crippen LogP contribution is -2.16. The lowest BCUT2D eigenvalue weighted by Gasteiger charge is -2.08. The molecule has 104 valence electrons. The van der Waals surface area contributed by atoms with Crippen LogP contribution in [0.15, 0.2) is 41.3 Å². The highest BCUT2D eigenvalue weighted by atomic mass is 35.5. The minimum atomic E-state index is -0.384. The predicted molar refractivity (Wildman–Crippen MR) is 83.2 cm³/mol. The van der Waals surface area contributed by atoms with Crippen molar-refractivity contribution in [1.82, 2.24) is 4.98 Å². The van der Waals surface area contributed by atoms with E-state index in [1.165, 1.54) is 0 Å². The first kappa shape index (κ1) is 14.6. The zero-order chi connectivity index (χ0) is 14.5. The van der Waals surface area contributed by atoms with Gasteiger partial charge in [0.15, 0.2) is 0 Å². The maximum absolute atomic E-state index is 12.2. The molecular formula is C13H13ClN4OS. The first-order chi connectivity index (χ1) is 9.63. The van der Waals surface area contributed by atoms with Gasteiger partial charge in [-0.15, -0.1) is 11.8 Å². The van der Waals surface area contributed by atoms with Crippen molar-refractivity contribution in [2.75, 3.05) is 17.0 Å². The molecule has 0 fully saturated rings. The van der Waals surface area contributed by atoms with Gasteiger partial charge in [0, 0.05) is 10.6 Å². The van der Waals surface area contributed by atoms with Crippen molar-refractivity contribution < 1.29 is 4.79 Å². The van der Waals surface area contributed by atoms with Crippen molar-refractivity contribution in [2.24, 2.45) is 5.84 Å². The molecule has 0 radical (unpaired) electrons. The summed E-state index contributed by atoms with van der Waals surface area (Å²) >= 11 is 7.57. The number of aromatic nitrogens is 1. The number of rotatable bonds is 4. The van der Waals surface area contributed by atoms with Gasteiger partial charge in [0.25, 0.3) is 5.91 Å². The summed E-state index contributed by atoms with van der Waals surface area (Å²) in [6.45, 7) is 0. The topological polar surface area (TPSA) is 80.0 Å². The van der Waals surface area contributed by atoms with Crippen LogP contribution < -0.4 is 16.6 Å². The molecule has 20 heavy (non-hydrogen) atoms. The summed E-state index contributed by atoms with van der Waals surface area (Å²) < 4.78 is 0. The molecule has 0 saturated carbocycles. The number of halogens is 1. The number of nitrogens with zero attached hydrogens (tertiary/aromatic N) is 1. The number of hydrogen-bond acceptors (Lipinski definition) is 5. The van der Waals surface area contributed by atoms with Crippen LogP contribution in [0, 0.1) is 0 Å². The number of amides is 1. The van der Waals surface area contributed by atoms with E-state index in [-0.39, 0.29) is 16.6 Å². The number of carbonyl (C=O) groups is 1. The van der Waals surface area contributed by atoms with Gasteiger partial charge in [-0.25, -0.2) is 10.8 Å². The van der Waals surface area contributed by atoms with Crippen LogP contribution in [0.3, 0.4) is 0 Å². The first-order valence-electron chi connectivity index (χ1n) is 5.72. The molecule has 0 spiro atoms. The number of nitrogens with two attached hydrogens (primary N) is 1. The Morgan fingerprint density at radius 1 is 1.35 bits per heavy atom. The highest BCUT2D eigenvalue weighted by molar-refractivity contribution is 7.98. The molecule has 7 heteroatoms. The van der Waals surface area contributed by atoms with E-state index >= 15 is 0 Å². The molecule has 0 aliphatic heterocycles. The van der Waals surface area contributed by atoms with Crippen molar-refractivity contribution in [3.05, 3.63) is 47.1 Å². The van der Waals surface area contributed by atoms with Gasteiger partial charge < -0.3 is 10.7 Å². The molecule has 0 bridgehead atoms. The van der Waals surface area contributed by atoms with E-state index in [1.54, 1.807) is 30.0 Å². The summed E-state index contributed by atoms with van der Waals surface area (Å²) in [5, 5.41) is 3.02. The second-order valence-corrected chi connectivity index (χ2v) is 5.14. The number of anilines is 2. The zero-order valence-corrected chi connectivity index (χ0v) is 12.3. The van der Waals surface area contributed by atoms with Gasteiger partial charge in [-0.1, -0.05) is 17.7 Å². The van der Waals surface area contributed by atoms with E-state index in [2.05, 4.69) is 15.7 Å². The van der Waals surface area contributed by atoms with E-state index in [1.807, 2.05) is 24.5 Å². The Hall–Kier alpha value is -1.76. The highest BCUT2D eigenvalue weighted by Gasteiger charge is 2.13. The van der Waals surface area contributed by atoms with Crippen LogP contribution in [-0.2, 0) is 0 Å². The summed E-state index contributed by atoms with van der Waals surface area (Å²) in [7, 11) is 0. The number of hydrogen-bond donors (Lipinski definition) is 3. The van der Waals surface area contributed by atoms with E-state index in [0.717, 1.165) is 4.90 Å². The van der Waals surface area contributed by atoms with Crippen molar-refractivity contribution in [1.29, 1.82) is 0 Å². The second kappa shape index (κ2) is 6.60. The molecule has 1 aromatic heterocycles. The Morgan fingerprint density at radius 2 is 2.15 bits per heavy atom. The number of nitrogens with one attached hydrogen (secondary N) is 2. The van der Waals surface area contributed by atoms with Crippen molar-refractivity contribution in [2.45, 2.75) is 4.90 Å². The summed E-state index contributed by atoms with van der Waals surface area (Å²) in [4.78, 5) is 17.3. The summed E-state index contributed by atoms with van der Waals surface area (Å²) in [6.07, 6.45) is 1.97. The molecule has 0 aliphatic rings. The van der Waals surface area contributed by atoms with Crippen molar-refractivity contribution >= 4 is 40.8 Å². The SMILES string of the molecule is CSc1cccc(NC(=O)c2nc(NN)ccc2Cl)c1. The van der Waals surface area contributed by atoms with Crippen LogP contribution in [0.5, 0.6) is 0 Å². The van der Waals surface area contributed by atoms with Gasteiger partial charge in [-0.3, -0.25) is 4.79 Å². The number of benzene rings is 1. The largest absolute Gasteiger partial charge is 0.321 e. The quantitative estimate of drug-likeness (QED) is 0.459. The van der Waals surface area contributed by atoms with Gasteiger partial charge in [-0.05, 0) is 36.6 Å². The van der Waals surface area contributed by atoms with E-state index in [0.29, 0.717) is 11.5 Å². The summed E-state index contributed by atoms with van der Waals surface area (Å²) in [5.41, 5.74) is 3.19. The van der Waals surface area contributed by atoms with E-state index < -0.39 is 0 Å². The second-order valence-electron chi connectivity index (χ2n) is 3.86. The standard InChI is InChI=1S/C13H13ClN4OS/c1-20-9-4-2-3-8(7-9)16-13(19)12-10(14)5-6-11(17-12)18-15/h2-7H,15H2,1H3,(H,16,19)(H,17,18). The summed E-state index contributed by atoms with van der Waals surface area (Å²) in [6, 6.07) is 10.7. The molecule has 0 unspecified atom stereocenters. The molecule has 2 aromatic rings. The lowest BCUT2D eigenvalue weighted by atomic mass is 10.3. The highest BCUT2D eigenvalue weighted by Crippen LogP contribution is 2.21. The normalized spacial score (nSPS) is 10.2. The number of carbonyl (C=O) groups excluding carboxylic acids is 1. The average molecular weight is 309 g/mol. The Balaban J connectivity index is 2.23. The van der Waals surface area contributed by atoms with Crippen LogP contribution in [-0.4, -0.2) is 17.1 Å². The van der Waals surface area contributed by atoms with E-state index in [9.17, 15) is 4.79 Å². The van der Waals surface area contributed by atoms with Gasteiger partial charge in [0.2, 0.25) is 0 Å². The molecule has 0 saturated heterocycles. The fourth-order valence-electron chi connectivity index (χ4n) is 1.57. The molecule has 1 amide bonds. The van der Waals surface area contributed by atoms with Crippen LogP contribution in [0.4, 0.5) is 11.5 Å². The third-order valence-corrected chi connectivity index (χ3v) is 3.57. The Bertz CT molecular complexity index is 636. The maximum Gasteiger partial charge on any atom is 0.275 e. The van der Waals surface area contributed by atoms with E-state index in [4.69, 9.17) is 17.4 Å². The predicted octanol–water partition coefficient (Wildman–Crippen LogP) is 2.99. The number of pyridine rings is 1. The van der Waals surface area contributed by atoms with Crippen LogP contribution in [0.25, 0.3) is 0 Å². The zero-order valence-electron chi connectivity index (χ0n) is 10.7. The fourth-order valence-corrected chi connectivity index (χ4v) is 2.22. The minimum absolute atomic E-state index is 0.122. The number of thioether (sulfide) groups is 1. The Morgan fingerprint density at radius 3 is 2.85 bits per heavy atom. The summed E-state index contributed by atoms with van der Waals surface area (Å²) in [5.74, 6) is 5.26. The Labute approximate surface area is 125 Å². The third-order valence-electron chi connectivity index (χ3n) is 2.54. The Kier molecular flexibility index (Phi) is 4.84. The van der Waals surface area contributed by atoms with Gasteiger partial charge in [-0.2, -0.15) is 0 Å². The van der Waals surface area contributed by atoms with Crippen molar-refractivity contribution in [3.8, 4) is 0 Å². The monoisotopic (exact) mass is 308 g/mol. The van der Waals surface area contributed by atoms with Crippen LogP contribution in [0.2, 0.25) is 5.02 Å². The first-order valence-corrected chi connectivity index (χ1v) is 7.33. The molecule has 0 aliphatic carbocycles.